The summed E-state index contributed by atoms with van der Waals surface area (Å²) in [5.41, 5.74) is 0.699. The zero-order valence-corrected chi connectivity index (χ0v) is 11.9. The molecule has 0 fully saturated rings. The monoisotopic (exact) mass is 262 g/mol. The van der Waals surface area contributed by atoms with E-state index in [0.29, 0.717) is 24.7 Å². The average Bonchev–Trinajstić information content (AvgIpc) is 2.38. The van der Waals surface area contributed by atoms with Gasteiger partial charge in [0.25, 0.3) is 0 Å². The Morgan fingerprint density at radius 1 is 1.16 bits per heavy atom. The summed E-state index contributed by atoms with van der Waals surface area (Å²) in [7, 11) is 0. The summed E-state index contributed by atoms with van der Waals surface area (Å²) in [5.74, 6) is 1.39. The van der Waals surface area contributed by atoms with Gasteiger partial charge in [-0.1, -0.05) is 19.9 Å². The number of hydrogen-bond acceptors (Lipinski definition) is 3. The summed E-state index contributed by atoms with van der Waals surface area (Å²) in [6.45, 7) is 7.69. The van der Waals surface area contributed by atoms with Gasteiger partial charge in [-0.25, -0.2) is 0 Å². The predicted molar refractivity (Wildman–Crippen MR) is 76.7 cm³/mol. The first-order valence-corrected chi connectivity index (χ1v) is 6.56. The molecule has 1 aromatic rings. The van der Waals surface area contributed by atoms with E-state index in [1.165, 1.54) is 0 Å². The van der Waals surface area contributed by atoms with Gasteiger partial charge < -0.3 is 9.47 Å². The van der Waals surface area contributed by atoms with Gasteiger partial charge in [-0.3, -0.25) is 4.79 Å². The molecule has 0 amide bonds. The van der Waals surface area contributed by atoms with E-state index in [2.05, 4.69) is 13.8 Å². The second kappa shape index (κ2) is 8.48. The van der Waals surface area contributed by atoms with E-state index in [1.807, 2.05) is 12.2 Å². The number of carbonyl (C=O) groups is 1. The van der Waals surface area contributed by atoms with Crippen molar-refractivity contribution in [3.8, 4) is 5.75 Å². The van der Waals surface area contributed by atoms with Crippen LogP contribution in [-0.2, 0) is 4.74 Å². The topological polar surface area (TPSA) is 35.5 Å². The molecule has 0 saturated carbocycles. The first kappa shape index (κ1) is 15.4. The van der Waals surface area contributed by atoms with Crippen molar-refractivity contribution < 1.29 is 14.3 Å². The molecule has 0 saturated heterocycles. The third-order valence-corrected chi connectivity index (χ3v) is 2.44. The van der Waals surface area contributed by atoms with Crippen molar-refractivity contribution in [3.63, 3.8) is 0 Å². The molecule has 0 aliphatic carbocycles. The molecule has 3 nitrogen and oxygen atoms in total. The van der Waals surface area contributed by atoms with Gasteiger partial charge in [0.15, 0.2) is 5.78 Å². The maximum Gasteiger partial charge on any atom is 0.159 e. The molecule has 0 unspecified atom stereocenters. The number of Topliss-reactive ketones (excluding diaryl/α,β-unsaturated/α-hetero) is 1. The summed E-state index contributed by atoms with van der Waals surface area (Å²) < 4.78 is 10.9. The van der Waals surface area contributed by atoms with Gasteiger partial charge >= 0.3 is 0 Å². The molecule has 1 rings (SSSR count). The number of carbonyl (C=O) groups excluding carboxylic acids is 1. The maximum atomic E-state index is 11.1. The number of hydrogen-bond donors (Lipinski definition) is 0. The minimum Gasteiger partial charge on any atom is -0.490 e. The lowest BCUT2D eigenvalue weighted by Crippen LogP contribution is -2.01. The van der Waals surface area contributed by atoms with E-state index in [0.717, 1.165) is 12.4 Å². The lowest BCUT2D eigenvalue weighted by molar-refractivity contribution is 0.101. The highest BCUT2D eigenvalue weighted by Crippen LogP contribution is 2.12. The highest BCUT2D eigenvalue weighted by molar-refractivity contribution is 5.94. The number of ketones is 1. The first-order chi connectivity index (χ1) is 9.09. The van der Waals surface area contributed by atoms with Crippen molar-refractivity contribution in [3.05, 3.63) is 42.0 Å². The van der Waals surface area contributed by atoms with Crippen LogP contribution in [0.15, 0.2) is 36.4 Å². The van der Waals surface area contributed by atoms with Gasteiger partial charge in [0.05, 0.1) is 6.61 Å². The lowest BCUT2D eigenvalue weighted by Gasteiger charge is -2.04. The Kier molecular flexibility index (Phi) is 6.90. The number of ether oxygens (including phenoxy) is 2. The molecule has 0 atom stereocenters. The van der Waals surface area contributed by atoms with E-state index in [1.54, 1.807) is 31.2 Å². The molecule has 104 valence electrons. The van der Waals surface area contributed by atoms with Crippen molar-refractivity contribution in [1.29, 1.82) is 0 Å². The summed E-state index contributed by atoms with van der Waals surface area (Å²) in [4.78, 5) is 11.1. The molecule has 0 bridgehead atoms. The van der Waals surface area contributed by atoms with Crippen LogP contribution >= 0.6 is 0 Å². The quantitative estimate of drug-likeness (QED) is 0.408. The van der Waals surface area contributed by atoms with E-state index in [-0.39, 0.29) is 5.78 Å². The van der Waals surface area contributed by atoms with E-state index in [4.69, 9.17) is 9.47 Å². The van der Waals surface area contributed by atoms with Gasteiger partial charge in [0.2, 0.25) is 0 Å². The van der Waals surface area contributed by atoms with Crippen LogP contribution in [0.1, 0.15) is 31.1 Å². The fraction of sp³-hybridized carbons (Fsp3) is 0.438. The molecule has 3 heteroatoms. The van der Waals surface area contributed by atoms with Crippen molar-refractivity contribution >= 4 is 5.78 Å². The zero-order valence-electron chi connectivity index (χ0n) is 11.9. The predicted octanol–water partition coefficient (Wildman–Crippen LogP) is 3.50. The largest absolute Gasteiger partial charge is 0.490 e. The second-order valence-corrected chi connectivity index (χ2v) is 4.79. The lowest BCUT2D eigenvalue weighted by atomic mass is 10.1. The Hall–Kier alpha value is -1.61. The van der Waals surface area contributed by atoms with Gasteiger partial charge in [-0.15, -0.1) is 0 Å². The standard InChI is InChI=1S/C16H22O3/c1-13(2)12-18-10-4-5-11-19-16-8-6-15(7-9-16)14(3)17/h4-9,13H,10-12H2,1-3H3/b5-4+. The maximum absolute atomic E-state index is 11.1. The molecule has 1 aromatic carbocycles. The van der Waals surface area contributed by atoms with Crippen molar-refractivity contribution in [2.75, 3.05) is 19.8 Å². The summed E-state index contributed by atoms with van der Waals surface area (Å²) in [6, 6.07) is 7.15. The Bertz CT molecular complexity index is 405. The van der Waals surface area contributed by atoms with Crippen LogP contribution in [0.4, 0.5) is 0 Å². The zero-order chi connectivity index (χ0) is 14.1. The highest BCUT2D eigenvalue weighted by atomic mass is 16.5. The highest BCUT2D eigenvalue weighted by Gasteiger charge is 1.98. The van der Waals surface area contributed by atoms with Crippen LogP contribution in [-0.4, -0.2) is 25.6 Å². The molecule has 0 radical (unpaired) electrons. The van der Waals surface area contributed by atoms with Crippen molar-refractivity contribution in [2.24, 2.45) is 5.92 Å². The molecule has 0 heterocycles. The molecule has 0 N–H and O–H groups in total. The van der Waals surface area contributed by atoms with Crippen LogP contribution in [0.3, 0.4) is 0 Å². The van der Waals surface area contributed by atoms with E-state index in [9.17, 15) is 4.79 Å². The van der Waals surface area contributed by atoms with E-state index < -0.39 is 0 Å². The molecule has 0 aromatic heterocycles. The molecule has 0 aliphatic rings. The number of benzene rings is 1. The molecule has 0 spiro atoms. The van der Waals surface area contributed by atoms with Crippen molar-refractivity contribution in [2.45, 2.75) is 20.8 Å². The number of rotatable bonds is 8. The average molecular weight is 262 g/mol. The normalized spacial score (nSPS) is 11.2. The van der Waals surface area contributed by atoms with Gasteiger partial charge in [-0.05, 0) is 43.2 Å². The molecule has 19 heavy (non-hydrogen) atoms. The summed E-state index contributed by atoms with van der Waals surface area (Å²) in [5, 5.41) is 0. The van der Waals surface area contributed by atoms with Crippen LogP contribution in [0.5, 0.6) is 5.75 Å². The Balaban J connectivity index is 2.22. The fourth-order valence-electron chi connectivity index (χ4n) is 1.44. The SMILES string of the molecule is CC(=O)c1ccc(OC/C=C/COCC(C)C)cc1. The summed E-state index contributed by atoms with van der Waals surface area (Å²) in [6.07, 6.45) is 3.88. The van der Waals surface area contributed by atoms with Gasteiger partial charge in [-0.2, -0.15) is 0 Å². The van der Waals surface area contributed by atoms with Crippen LogP contribution in [0.2, 0.25) is 0 Å². The van der Waals surface area contributed by atoms with Crippen LogP contribution < -0.4 is 4.74 Å². The Morgan fingerprint density at radius 2 is 1.79 bits per heavy atom. The van der Waals surface area contributed by atoms with Crippen molar-refractivity contribution in [1.82, 2.24) is 0 Å². The molecular formula is C16H22O3. The summed E-state index contributed by atoms with van der Waals surface area (Å²) >= 11 is 0. The van der Waals surface area contributed by atoms with Crippen LogP contribution in [0.25, 0.3) is 0 Å². The smallest absolute Gasteiger partial charge is 0.159 e. The third-order valence-electron chi connectivity index (χ3n) is 2.44. The van der Waals surface area contributed by atoms with Gasteiger partial charge in [0, 0.05) is 12.2 Å². The minimum atomic E-state index is 0.0637. The first-order valence-electron chi connectivity index (χ1n) is 6.56. The second-order valence-electron chi connectivity index (χ2n) is 4.79. The minimum absolute atomic E-state index is 0.0637. The molecular weight excluding hydrogens is 240 g/mol. The van der Waals surface area contributed by atoms with Crippen LogP contribution in [0, 0.1) is 5.92 Å². The molecule has 0 aliphatic heterocycles. The van der Waals surface area contributed by atoms with Gasteiger partial charge in [0.1, 0.15) is 12.4 Å². The fourth-order valence-corrected chi connectivity index (χ4v) is 1.44. The van der Waals surface area contributed by atoms with E-state index >= 15 is 0 Å². The Morgan fingerprint density at radius 3 is 2.37 bits per heavy atom. The third kappa shape index (κ3) is 6.77. The Labute approximate surface area is 115 Å².